The van der Waals surface area contributed by atoms with Crippen LogP contribution in [0.5, 0.6) is 0 Å². The van der Waals surface area contributed by atoms with E-state index in [1.54, 1.807) is 0 Å². The molecule has 1 heterocycles. The highest BCUT2D eigenvalue weighted by molar-refractivity contribution is 9.09. The summed E-state index contributed by atoms with van der Waals surface area (Å²) >= 11 is 3.62. The second-order valence-electron chi connectivity index (χ2n) is 4.91. The van der Waals surface area contributed by atoms with Gasteiger partial charge in [-0.2, -0.15) is 0 Å². The molecule has 1 aliphatic heterocycles. The smallest absolute Gasteiger partial charge is 0.222 e. The SMILES string of the molecule is O=C(CC1CCCC1)N1CCC(Br)CC1. The van der Waals surface area contributed by atoms with Crippen molar-refractivity contribution in [1.82, 2.24) is 4.90 Å². The number of hydrogen-bond donors (Lipinski definition) is 0. The van der Waals surface area contributed by atoms with Gasteiger partial charge in [-0.1, -0.05) is 28.8 Å². The van der Waals surface area contributed by atoms with Crippen molar-refractivity contribution in [2.45, 2.75) is 49.8 Å². The number of amides is 1. The average Bonchev–Trinajstić information content (AvgIpc) is 2.71. The molecule has 3 heteroatoms. The Kier molecular flexibility index (Phi) is 4.06. The van der Waals surface area contributed by atoms with Gasteiger partial charge >= 0.3 is 0 Å². The van der Waals surface area contributed by atoms with E-state index in [0.29, 0.717) is 16.7 Å². The van der Waals surface area contributed by atoms with Crippen molar-refractivity contribution < 1.29 is 4.79 Å². The van der Waals surface area contributed by atoms with Crippen LogP contribution in [0.25, 0.3) is 0 Å². The van der Waals surface area contributed by atoms with Crippen molar-refractivity contribution in [1.29, 1.82) is 0 Å². The Hall–Kier alpha value is -0.0500. The van der Waals surface area contributed by atoms with Crippen LogP contribution in [-0.4, -0.2) is 28.7 Å². The number of carbonyl (C=O) groups is 1. The van der Waals surface area contributed by atoms with Crippen LogP contribution in [0, 0.1) is 5.92 Å². The van der Waals surface area contributed by atoms with E-state index in [0.717, 1.165) is 32.4 Å². The molecule has 1 saturated heterocycles. The first-order valence-corrected chi connectivity index (χ1v) is 7.09. The van der Waals surface area contributed by atoms with Crippen LogP contribution in [0.3, 0.4) is 0 Å². The second kappa shape index (κ2) is 5.33. The first-order chi connectivity index (χ1) is 7.25. The van der Waals surface area contributed by atoms with Gasteiger partial charge in [0.15, 0.2) is 0 Å². The molecule has 15 heavy (non-hydrogen) atoms. The topological polar surface area (TPSA) is 20.3 Å². The zero-order valence-corrected chi connectivity index (χ0v) is 10.8. The Bertz CT molecular complexity index is 218. The van der Waals surface area contributed by atoms with Crippen LogP contribution in [0.15, 0.2) is 0 Å². The summed E-state index contributed by atoms with van der Waals surface area (Å²) in [5.74, 6) is 1.10. The van der Waals surface area contributed by atoms with Crippen molar-refractivity contribution in [2.75, 3.05) is 13.1 Å². The van der Waals surface area contributed by atoms with Gasteiger partial charge in [-0.05, 0) is 31.6 Å². The largest absolute Gasteiger partial charge is 0.343 e. The molecule has 0 aromatic carbocycles. The molecule has 0 bridgehead atoms. The Balaban J connectivity index is 1.75. The van der Waals surface area contributed by atoms with Gasteiger partial charge in [0.1, 0.15) is 0 Å². The van der Waals surface area contributed by atoms with Crippen molar-refractivity contribution in [3.05, 3.63) is 0 Å². The molecule has 2 aliphatic rings. The van der Waals surface area contributed by atoms with Crippen LogP contribution in [-0.2, 0) is 4.79 Å². The molecule has 0 radical (unpaired) electrons. The third kappa shape index (κ3) is 3.20. The predicted molar refractivity (Wildman–Crippen MR) is 65.1 cm³/mol. The summed E-state index contributed by atoms with van der Waals surface area (Å²) in [6.07, 6.45) is 8.28. The number of likely N-dealkylation sites (tertiary alicyclic amines) is 1. The summed E-state index contributed by atoms with van der Waals surface area (Å²) in [6, 6.07) is 0. The second-order valence-corrected chi connectivity index (χ2v) is 6.20. The number of rotatable bonds is 2. The van der Waals surface area contributed by atoms with E-state index in [9.17, 15) is 4.79 Å². The van der Waals surface area contributed by atoms with Crippen LogP contribution < -0.4 is 0 Å². The Morgan fingerprint density at radius 2 is 1.73 bits per heavy atom. The monoisotopic (exact) mass is 273 g/mol. The number of alkyl halides is 1. The highest BCUT2D eigenvalue weighted by Gasteiger charge is 2.24. The van der Waals surface area contributed by atoms with E-state index in [1.165, 1.54) is 25.7 Å². The van der Waals surface area contributed by atoms with Crippen LogP contribution >= 0.6 is 15.9 Å². The third-order valence-corrected chi connectivity index (χ3v) is 4.63. The van der Waals surface area contributed by atoms with E-state index < -0.39 is 0 Å². The van der Waals surface area contributed by atoms with Gasteiger partial charge in [0.05, 0.1) is 0 Å². The highest BCUT2D eigenvalue weighted by Crippen LogP contribution is 2.28. The molecule has 1 saturated carbocycles. The number of hydrogen-bond acceptors (Lipinski definition) is 1. The summed E-state index contributed by atoms with van der Waals surface area (Å²) in [4.78, 5) is 14.7. The molecular weight excluding hydrogens is 254 g/mol. The van der Waals surface area contributed by atoms with E-state index in [-0.39, 0.29) is 0 Å². The molecule has 0 atom stereocenters. The Labute approximate surface area is 101 Å². The van der Waals surface area contributed by atoms with Crippen molar-refractivity contribution in [3.63, 3.8) is 0 Å². The van der Waals surface area contributed by atoms with E-state index in [4.69, 9.17) is 0 Å². The molecule has 0 spiro atoms. The highest BCUT2D eigenvalue weighted by atomic mass is 79.9. The minimum atomic E-state index is 0.404. The van der Waals surface area contributed by atoms with Gasteiger partial charge in [-0.3, -0.25) is 4.79 Å². The number of halogens is 1. The van der Waals surface area contributed by atoms with Crippen molar-refractivity contribution in [3.8, 4) is 0 Å². The lowest BCUT2D eigenvalue weighted by Crippen LogP contribution is -2.39. The fourth-order valence-electron chi connectivity index (χ4n) is 2.69. The average molecular weight is 274 g/mol. The summed E-state index contributed by atoms with van der Waals surface area (Å²) in [7, 11) is 0. The Morgan fingerprint density at radius 3 is 2.33 bits per heavy atom. The summed E-state index contributed by atoms with van der Waals surface area (Å²) in [5, 5.41) is 0. The minimum absolute atomic E-state index is 0.404. The first kappa shape index (κ1) is 11.4. The van der Waals surface area contributed by atoms with Crippen LogP contribution in [0.2, 0.25) is 0 Å². The van der Waals surface area contributed by atoms with Crippen molar-refractivity contribution >= 4 is 21.8 Å². The molecular formula is C12H20BrNO. The Morgan fingerprint density at radius 1 is 1.13 bits per heavy atom. The fourth-order valence-corrected chi connectivity index (χ4v) is 3.10. The standard InChI is InChI=1S/C12H20BrNO/c13-11-5-7-14(8-6-11)12(15)9-10-3-1-2-4-10/h10-11H,1-9H2. The lowest BCUT2D eigenvalue weighted by atomic mass is 10.0. The zero-order chi connectivity index (χ0) is 10.7. The van der Waals surface area contributed by atoms with E-state index >= 15 is 0 Å². The van der Waals surface area contributed by atoms with Gasteiger partial charge in [0.2, 0.25) is 5.91 Å². The van der Waals surface area contributed by atoms with Gasteiger partial charge in [-0.15, -0.1) is 0 Å². The van der Waals surface area contributed by atoms with Crippen molar-refractivity contribution in [2.24, 2.45) is 5.92 Å². The predicted octanol–water partition coefficient (Wildman–Crippen LogP) is 2.95. The van der Waals surface area contributed by atoms with Gasteiger partial charge in [-0.25, -0.2) is 0 Å². The lowest BCUT2D eigenvalue weighted by molar-refractivity contribution is -0.132. The quantitative estimate of drug-likeness (QED) is 0.709. The molecule has 0 N–H and O–H groups in total. The zero-order valence-electron chi connectivity index (χ0n) is 9.25. The van der Waals surface area contributed by atoms with Gasteiger partial charge in [0.25, 0.3) is 0 Å². The van der Waals surface area contributed by atoms with Crippen LogP contribution in [0.1, 0.15) is 44.9 Å². The molecule has 1 amide bonds. The molecule has 2 rings (SSSR count). The molecule has 1 aliphatic carbocycles. The first-order valence-electron chi connectivity index (χ1n) is 6.17. The molecule has 2 fully saturated rings. The minimum Gasteiger partial charge on any atom is -0.343 e. The van der Waals surface area contributed by atoms with E-state index in [1.807, 2.05) is 0 Å². The molecule has 0 aromatic rings. The van der Waals surface area contributed by atoms with Gasteiger partial charge < -0.3 is 4.90 Å². The maximum Gasteiger partial charge on any atom is 0.222 e. The third-order valence-electron chi connectivity index (χ3n) is 3.72. The molecule has 0 aromatic heterocycles. The molecule has 2 nitrogen and oxygen atoms in total. The number of piperidine rings is 1. The van der Waals surface area contributed by atoms with Gasteiger partial charge in [0, 0.05) is 24.3 Å². The summed E-state index contributed by atoms with van der Waals surface area (Å²) < 4.78 is 0. The normalized spacial score (nSPS) is 24.7. The summed E-state index contributed by atoms with van der Waals surface area (Å²) in [5.41, 5.74) is 0. The maximum absolute atomic E-state index is 12.0. The molecule has 86 valence electrons. The maximum atomic E-state index is 12.0. The number of nitrogens with zero attached hydrogens (tertiary/aromatic N) is 1. The van der Waals surface area contributed by atoms with Crippen LogP contribution in [0.4, 0.5) is 0 Å². The number of carbonyl (C=O) groups excluding carboxylic acids is 1. The summed E-state index contributed by atoms with van der Waals surface area (Å²) in [6.45, 7) is 1.92. The fraction of sp³-hybridized carbons (Fsp3) is 0.917. The molecule has 0 unspecified atom stereocenters. The lowest BCUT2D eigenvalue weighted by Gasteiger charge is -2.30. The van der Waals surface area contributed by atoms with E-state index in [2.05, 4.69) is 20.8 Å².